The SMILES string of the molecule is C/C=C1/CC2(C/C1=C/C(=N)C(=O)NC(c1ccccc1)C(F)(F)F)C(=O)Nc1ncccc12. The Balaban J connectivity index is 1.59. The molecule has 2 amide bonds. The number of alkyl halides is 3. The van der Waals surface area contributed by atoms with Gasteiger partial charge in [0.05, 0.1) is 5.41 Å². The maximum absolute atomic E-state index is 13.6. The van der Waals surface area contributed by atoms with Gasteiger partial charge in [-0.15, -0.1) is 0 Å². The number of hydrogen-bond donors (Lipinski definition) is 3. The van der Waals surface area contributed by atoms with E-state index in [1.54, 1.807) is 31.3 Å². The molecule has 2 atom stereocenters. The molecule has 1 aromatic carbocycles. The predicted molar refractivity (Wildman–Crippen MR) is 117 cm³/mol. The van der Waals surface area contributed by atoms with Crippen molar-refractivity contribution in [1.29, 1.82) is 5.41 Å². The predicted octanol–water partition coefficient (Wildman–Crippen LogP) is 4.38. The zero-order valence-electron chi connectivity index (χ0n) is 17.7. The first-order valence-electron chi connectivity index (χ1n) is 10.3. The van der Waals surface area contributed by atoms with Gasteiger partial charge in [-0.2, -0.15) is 13.2 Å². The third kappa shape index (κ3) is 4.06. The van der Waals surface area contributed by atoms with Gasteiger partial charge in [-0.05, 0) is 48.6 Å². The monoisotopic (exact) mass is 454 g/mol. The van der Waals surface area contributed by atoms with Crippen molar-refractivity contribution in [3.05, 3.63) is 83.1 Å². The third-order valence-corrected chi connectivity index (χ3v) is 6.03. The van der Waals surface area contributed by atoms with E-state index in [1.165, 1.54) is 30.3 Å². The molecule has 6 nitrogen and oxygen atoms in total. The topological polar surface area (TPSA) is 94.9 Å². The molecule has 0 saturated heterocycles. The number of pyridine rings is 1. The number of carbonyl (C=O) groups excluding carboxylic acids is 2. The summed E-state index contributed by atoms with van der Waals surface area (Å²) in [4.78, 5) is 29.6. The first-order valence-corrected chi connectivity index (χ1v) is 10.3. The molecule has 33 heavy (non-hydrogen) atoms. The summed E-state index contributed by atoms with van der Waals surface area (Å²) in [5.41, 5.74) is 0.403. The van der Waals surface area contributed by atoms with E-state index < -0.39 is 29.3 Å². The van der Waals surface area contributed by atoms with E-state index in [2.05, 4.69) is 10.3 Å². The number of nitrogens with zero attached hydrogens (tertiary/aromatic N) is 1. The van der Waals surface area contributed by atoms with E-state index in [4.69, 9.17) is 5.41 Å². The minimum atomic E-state index is -4.73. The fraction of sp³-hybridized carbons (Fsp3) is 0.250. The van der Waals surface area contributed by atoms with Crippen LogP contribution in [0.3, 0.4) is 0 Å². The lowest BCUT2D eigenvalue weighted by molar-refractivity contribution is -0.161. The lowest BCUT2D eigenvalue weighted by Gasteiger charge is -2.22. The van der Waals surface area contributed by atoms with E-state index in [0.717, 1.165) is 11.1 Å². The zero-order valence-corrected chi connectivity index (χ0v) is 17.7. The van der Waals surface area contributed by atoms with Crippen LogP contribution in [0.4, 0.5) is 19.0 Å². The quantitative estimate of drug-likeness (QED) is 0.599. The Kier molecular flexibility index (Phi) is 5.65. The van der Waals surface area contributed by atoms with Crippen molar-refractivity contribution in [2.45, 2.75) is 37.4 Å². The maximum Gasteiger partial charge on any atom is 0.412 e. The Bertz CT molecular complexity index is 1190. The van der Waals surface area contributed by atoms with E-state index in [0.29, 0.717) is 17.8 Å². The highest BCUT2D eigenvalue weighted by atomic mass is 19.4. The fourth-order valence-electron chi connectivity index (χ4n) is 4.41. The summed E-state index contributed by atoms with van der Waals surface area (Å²) in [7, 11) is 0. The first-order chi connectivity index (χ1) is 15.7. The van der Waals surface area contributed by atoms with Crippen LogP contribution in [-0.2, 0) is 15.0 Å². The summed E-state index contributed by atoms with van der Waals surface area (Å²) in [5, 5.41) is 12.8. The summed E-state index contributed by atoms with van der Waals surface area (Å²) in [6, 6.07) is 8.31. The molecule has 1 aromatic heterocycles. The van der Waals surface area contributed by atoms with Gasteiger partial charge >= 0.3 is 6.18 Å². The van der Waals surface area contributed by atoms with Crippen molar-refractivity contribution in [2.75, 3.05) is 5.32 Å². The van der Waals surface area contributed by atoms with E-state index >= 15 is 0 Å². The third-order valence-electron chi connectivity index (χ3n) is 6.03. The first kappa shape index (κ1) is 22.4. The van der Waals surface area contributed by atoms with Crippen LogP contribution in [0.5, 0.6) is 0 Å². The molecular formula is C24H21F3N4O2. The molecule has 2 aliphatic rings. The second-order valence-corrected chi connectivity index (χ2v) is 8.05. The molecule has 1 aliphatic heterocycles. The average molecular weight is 454 g/mol. The van der Waals surface area contributed by atoms with Gasteiger partial charge in [-0.25, -0.2) is 4.98 Å². The van der Waals surface area contributed by atoms with Gasteiger partial charge in [0.1, 0.15) is 11.5 Å². The number of carbonyl (C=O) groups is 2. The highest BCUT2D eigenvalue weighted by Crippen LogP contribution is 2.52. The van der Waals surface area contributed by atoms with Crippen molar-refractivity contribution >= 4 is 23.3 Å². The largest absolute Gasteiger partial charge is 0.412 e. The molecule has 1 spiro atoms. The Morgan fingerprint density at radius 3 is 2.55 bits per heavy atom. The summed E-state index contributed by atoms with van der Waals surface area (Å²) < 4.78 is 40.7. The summed E-state index contributed by atoms with van der Waals surface area (Å²) >= 11 is 0. The molecule has 1 saturated carbocycles. The van der Waals surface area contributed by atoms with Crippen LogP contribution in [0.2, 0.25) is 0 Å². The number of benzene rings is 1. The molecule has 3 N–H and O–H groups in total. The van der Waals surface area contributed by atoms with Gasteiger partial charge in [-0.1, -0.05) is 42.5 Å². The second-order valence-electron chi connectivity index (χ2n) is 8.05. The minimum Gasteiger partial charge on any atom is -0.335 e. The lowest BCUT2D eigenvalue weighted by Crippen LogP contribution is -2.40. The molecule has 9 heteroatoms. The number of rotatable bonds is 4. The highest BCUT2D eigenvalue weighted by molar-refractivity contribution is 6.42. The molecule has 1 aliphatic carbocycles. The van der Waals surface area contributed by atoms with Gasteiger partial charge in [0.2, 0.25) is 5.91 Å². The standard InChI is InChI=1S/C24H21F3N4O2/c1-2-14-12-23(17-9-6-10-29-20(17)31-22(23)33)13-16(14)11-18(28)21(32)30-19(24(25,26)27)15-7-4-3-5-8-15/h2-11,19,28H,12-13H2,1H3,(H,30,32)(H,29,31,33)/b14-2-,16-11-,28-18?. The number of fused-ring (bicyclic) bond motifs is 2. The van der Waals surface area contributed by atoms with E-state index in [1.807, 2.05) is 11.4 Å². The van der Waals surface area contributed by atoms with Gasteiger partial charge in [0.15, 0.2) is 6.04 Å². The Labute approximate surface area is 188 Å². The summed E-state index contributed by atoms with van der Waals surface area (Å²) in [6.45, 7) is 1.78. The second kappa shape index (κ2) is 8.31. The van der Waals surface area contributed by atoms with Crippen LogP contribution >= 0.6 is 0 Å². The van der Waals surface area contributed by atoms with Crippen molar-refractivity contribution in [1.82, 2.24) is 10.3 Å². The smallest absolute Gasteiger partial charge is 0.335 e. The molecule has 2 aromatic rings. The Morgan fingerprint density at radius 1 is 1.18 bits per heavy atom. The molecule has 4 rings (SSSR count). The molecular weight excluding hydrogens is 433 g/mol. The normalized spacial score (nSPS) is 23.0. The van der Waals surface area contributed by atoms with Gasteiger partial charge < -0.3 is 10.6 Å². The van der Waals surface area contributed by atoms with Crippen molar-refractivity contribution < 1.29 is 22.8 Å². The van der Waals surface area contributed by atoms with Crippen LogP contribution in [0.15, 0.2) is 72.0 Å². The number of nitrogens with one attached hydrogen (secondary N) is 3. The number of hydrogen-bond acceptors (Lipinski definition) is 4. The van der Waals surface area contributed by atoms with Crippen LogP contribution < -0.4 is 10.6 Å². The fourth-order valence-corrected chi connectivity index (χ4v) is 4.41. The van der Waals surface area contributed by atoms with Crippen LogP contribution in [0, 0.1) is 5.41 Å². The Hall–Kier alpha value is -3.75. The van der Waals surface area contributed by atoms with Crippen LogP contribution in [0.25, 0.3) is 0 Å². The number of aromatic nitrogens is 1. The number of anilines is 1. The minimum absolute atomic E-state index is 0.125. The molecule has 0 bridgehead atoms. The van der Waals surface area contributed by atoms with E-state index in [-0.39, 0.29) is 17.9 Å². The van der Waals surface area contributed by atoms with Gasteiger partial charge in [0, 0.05) is 11.8 Å². The number of halogens is 3. The number of allylic oxidation sites excluding steroid dienone is 3. The van der Waals surface area contributed by atoms with Crippen molar-refractivity contribution in [3.8, 4) is 0 Å². The summed E-state index contributed by atoms with van der Waals surface area (Å²) in [6.07, 6.45) is 0.451. The Morgan fingerprint density at radius 2 is 1.88 bits per heavy atom. The van der Waals surface area contributed by atoms with E-state index in [9.17, 15) is 22.8 Å². The molecule has 0 radical (unpaired) electrons. The van der Waals surface area contributed by atoms with Crippen molar-refractivity contribution in [2.24, 2.45) is 0 Å². The average Bonchev–Trinajstić information content (AvgIpc) is 3.29. The van der Waals surface area contributed by atoms with Crippen LogP contribution in [0.1, 0.15) is 36.9 Å². The highest BCUT2D eigenvalue weighted by Gasteiger charge is 2.52. The molecule has 2 unspecified atom stereocenters. The molecule has 2 heterocycles. The number of amides is 2. The maximum atomic E-state index is 13.6. The molecule has 170 valence electrons. The van der Waals surface area contributed by atoms with Gasteiger partial charge in [-0.3, -0.25) is 15.0 Å². The van der Waals surface area contributed by atoms with Gasteiger partial charge in [0.25, 0.3) is 5.91 Å². The van der Waals surface area contributed by atoms with Crippen LogP contribution in [-0.4, -0.2) is 28.7 Å². The lowest BCUT2D eigenvalue weighted by atomic mass is 9.80. The zero-order chi connectivity index (χ0) is 23.8. The summed E-state index contributed by atoms with van der Waals surface area (Å²) in [5.74, 6) is -0.901. The molecule has 1 fully saturated rings. The van der Waals surface area contributed by atoms with Crippen molar-refractivity contribution in [3.63, 3.8) is 0 Å².